The molecule has 0 bridgehead atoms. The van der Waals surface area contributed by atoms with Crippen molar-refractivity contribution in [1.29, 1.82) is 0 Å². The van der Waals surface area contributed by atoms with Crippen molar-refractivity contribution in [3.05, 3.63) is 0 Å². The number of nitrogens with one attached hydrogen (secondary N) is 1. The SMILES string of the molecule is CCNCC(CC(C)C)C1CCS(=O)(=O)C1. The Kier molecular flexibility index (Phi) is 5.25. The van der Waals surface area contributed by atoms with Crippen LogP contribution in [0.2, 0.25) is 0 Å². The molecule has 1 rings (SSSR count). The quantitative estimate of drug-likeness (QED) is 0.777. The van der Waals surface area contributed by atoms with Crippen LogP contribution in [0.25, 0.3) is 0 Å². The molecule has 1 aliphatic heterocycles. The largest absolute Gasteiger partial charge is 0.317 e. The molecule has 1 aliphatic rings. The fourth-order valence-electron chi connectivity index (χ4n) is 2.57. The topological polar surface area (TPSA) is 46.2 Å². The Morgan fingerprint density at radius 2 is 2.06 bits per heavy atom. The van der Waals surface area contributed by atoms with Crippen LogP contribution in [0.3, 0.4) is 0 Å². The van der Waals surface area contributed by atoms with Gasteiger partial charge >= 0.3 is 0 Å². The first-order valence-electron chi connectivity index (χ1n) is 6.35. The average molecular weight is 247 g/mol. The summed E-state index contributed by atoms with van der Waals surface area (Å²) in [5.74, 6) is 2.37. The molecule has 0 aromatic heterocycles. The Morgan fingerprint density at radius 1 is 1.38 bits per heavy atom. The third-order valence-electron chi connectivity index (χ3n) is 3.37. The van der Waals surface area contributed by atoms with Crippen LogP contribution in [-0.2, 0) is 9.84 Å². The molecule has 0 amide bonds. The van der Waals surface area contributed by atoms with E-state index in [0.29, 0.717) is 29.3 Å². The summed E-state index contributed by atoms with van der Waals surface area (Å²) in [5, 5.41) is 3.36. The van der Waals surface area contributed by atoms with E-state index in [9.17, 15) is 8.42 Å². The highest BCUT2D eigenvalue weighted by Crippen LogP contribution is 2.29. The van der Waals surface area contributed by atoms with Gasteiger partial charge in [-0.05, 0) is 43.7 Å². The van der Waals surface area contributed by atoms with Crippen molar-refractivity contribution in [3.63, 3.8) is 0 Å². The molecule has 0 spiro atoms. The number of rotatable bonds is 6. The van der Waals surface area contributed by atoms with Gasteiger partial charge in [-0.2, -0.15) is 0 Å². The Labute approximate surface area is 99.9 Å². The van der Waals surface area contributed by atoms with Gasteiger partial charge in [0.05, 0.1) is 11.5 Å². The molecule has 3 nitrogen and oxygen atoms in total. The van der Waals surface area contributed by atoms with Gasteiger partial charge in [0, 0.05) is 0 Å². The lowest BCUT2D eigenvalue weighted by atomic mass is 9.85. The third kappa shape index (κ3) is 4.42. The van der Waals surface area contributed by atoms with Crippen molar-refractivity contribution in [2.24, 2.45) is 17.8 Å². The molecule has 1 saturated heterocycles. The van der Waals surface area contributed by atoms with Gasteiger partial charge in [0.2, 0.25) is 0 Å². The number of sulfone groups is 1. The maximum absolute atomic E-state index is 11.5. The fourth-order valence-corrected chi connectivity index (χ4v) is 4.49. The molecule has 96 valence electrons. The highest BCUT2D eigenvalue weighted by atomic mass is 32.2. The average Bonchev–Trinajstić information content (AvgIpc) is 2.52. The zero-order valence-corrected chi connectivity index (χ0v) is 11.5. The minimum absolute atomic E-state index is 0.381. The van der Waals surface area contributed by atoms with Crippen molar-refractivity contribution in [3.8, 4) is 0 Å². The lowest BCUT2D eigenvalue weighted by Crippen LogP contribution is -2.30. The maximum Gasteiger partial charge on any atom is 0.150 e. The smallest absolute Gasteiger partial charge is 0.150 e. The molecule has 0 aromatic carbocycles. The highest BCUT2D eigenvalue weighted by Gasteiger charge is 2.33. The second-order valence-corrected chi connectivity index (χ2v) is 7.59. The van der Waals surface area contributed by atoms with E-state index in [1.54, 1.807) is 0 Å². The molecule has 1 fully saturated rings. The molecule has 1 heterocycles. The molecule has 16 heavy (non-hydrogen) atoms. The normalized spacial score (nSPS) is 26.1. The van der Waals surface area contributed by atoms with Crippen LogP contribution >= 0.6 is 0 Å². The predicted molar refractivity (Wildman–Crippen MR) is 68.2 cm³/mol. The van der Waals surface area contributed by atoms with E-state index in [1.807, 2.05) is 0 Å². The molecule has 0 aromatic rings. The van der Waals surface area contributed by atoms with Crippen LogP contribution in [0, 0.1) is 17.8 Å². The monoisotopic (exact) mass is 247 g/mol. The number of hydrogen-bond acceptors (Lipinski definition) is 3. The van der Waals surface area contributed by atoms with Gasteiger partial charge in [0.15, 0.2) is 9.84 Å². The highest BCUT2D eigenvalue weighted by molar-refractivity contribution is 7.91. The standard InChI is InChI=1S/C12H25NO2S/c1-4-13-8-12(7-10(2)3)11-5-6-16(14,15)9-11/h10-13H,4-9H2,1-3H3. The summed E-state index contributed by atoms with van der Waals surface area (Å²) < 4.78 is 23.0. The molecule has 2 unspecified atom stereocenters. The van der Waals surface area contributed by atoms with E-state index >= 15 is 0 Å². The van der Waals surface area contributed by atoms with Crippen LogP contribution in [0.15, 0.2) is 0 Å². The second kappa shape index (κ2) is 6.01. The lowest BCUT2D eigenvalue weighted by molar-refractivity contribution is 0.293. The van der Waals surface area contributed by atoms with E-state index in [2.05, 4.69) is 26.1 Å². The summed E-state index contributed by atoms with van der Waals surface area (Å²) in [6.45, 7) is 8.45. The summed E-state index contributed by atoms with van der Waals surface area (Å²) in [4.78, 5) is 0. The van der Waals surface area contributed by atoms with Gasteiger partial charge in [0.1, 0.15) is 0 Å². The summed E-state index contributed by atoms with van der Waals surface area (Å²) in [5.41, 5.74) is 0. The van der Waals surface area contributed by atoms with Crippen LogP contribution in [0.4, 0.5) is 0 Å². The molecule has 0 saturated carbocycles. The zero-order chi connectivity index (χ0) is 12.2. The minimum Gasteiger partial charge on any atom is -0.317 e. The van der Waals surface area contributed by atoms with E-state index in [1.165, 1.54) is 0 Å². The van der Waals surface area contributed by atoms with Gasteiger partial charge in [-0.25, -0.2) is 8.42 Å². The van der Waals surface area contributed by atoms with Crippen molar-refractivity contribution in [1.82, 2.24) is 5.32 Å². The van der Waals surface area contributed by atoms with Crippen molar-refractivity contribution < 1.29 is 8.42 Å². The molecule has 2 atom stereocenters. The summed E-state index contributed by atoms with van der Waals surface area (Å²) in [6, 6.07) is 0. The van der Waals surface area contributed by atoms with Crippen molar-refractivity contribution in [2.45, 2.75) is 33.6 Å². The van der Waals surface area contributed by atoms with Gasteiger partial charge in [-0.1, -0.05) is 20.8 Å². The van der Waals surface area contributed by atoms with Crippen LogP contribution in [0.1, 0.15) is 33.6 Å². The first-order valence-corrected chi connectivity index (χ1v) is 8.18. The Hall–Kier alpha value is -0.0900. The molecule has 4 heteroatoms. The molecular formula is C12H25NO2S. The third-order valence-corrected chi connectivity index (χ3v) is 5.16. The van der Waals surface area contributed by atoms with Gasteiger partial charge in [0.25, 0.3) is 0 Å². The zero-order valence-electron chi connectivity index (χ0n) is 10.7. The lowest BCUT2D eigenvalue weighted by Gasteiger charge is -2.24. The van der Waals surface area contributed by atoms with E-state index < -0.39 is 9.84 Å². The molecule has 0 radical (unpaired) electrons. The number of hydrogen-bond donors (Lipinski definition) is 1. The Morgan fingerprint density at radius 3 is 2.50 bits per heavy atom. The van der Waals surface area contributed by atoms with Crippen molar-refractivity contribution >= 4 is 9.84 Å². The van der Waals surface area contributed by atoms with Crippen LogP contribution < -0.4 is 5.32 Å². The summed E-state index contributed by atoms with van der Waals surface area (Å²) in [7, 11) is -2.73. The summed E-state index contributed by atoms with van der Waals surface area (Å²) >= 11 is 0. The van der Waals surface area contributed by atoms with E-state index in [0.717, 1.165) is 25.9 Å². The van der Waals surface area contributed by atoms with Gasteiger partial charge in [-0.3, -0.25) is 0 Å². The second-order valence-electron chi connectivity index (χ2n) is 5.36. The van der Waals surface area contributed by atoms with Gasteiger partial charge in [-0.15, -0.1) is 0 Å². The minimum atomic E-state index is -2.73. The van der Waals surface area contributed by atoms with E-state index in [-0.39, 0.29) is 0 Å². The fraction of sp³-hybridized carbons (Fsp3) is 1.00. The van der Waals surface area contributed by atoms with Gasteiger partial charge < -0.3 is 5.32 Å². The molecule has 1 N–H and O–H groups in total. The maximum atomic E-state index is 11.5. The first-order chi connectivity index (χ1) is 7.44. The Balaban J connectivity index is 2.55. The summed E-state index contributed by atoms with van der Waals surface area (Å²) in [6.07, 6.45) is 2.00. The molecular weight excluding hydrogens is 222 g/mol. The van der Waals surface area contributed by atoms with E-state index in [4.69, 9.17) is 0 Å². The van der Waals surface area contributed by atoms with Crippen LogP contribution in [0.5, 0.6) is 0 Å². The van der Waals surface area contributed by atoms with Crippen molar-refractivity contribution in [2.75, 3.05) is 24.6 Å². The Bertz CT molecular complexity index is 298. The predicted octanol–water partition coefficient (Wildman–Crippen LogP) is 1.69. The van der Waals surface area contributed by atoms with Crippen LogP contribution in [-0.4, -0.2) is 33.0 Å². The first kappa shape index (κ1) is 14.0. The molecule has 0 aliphatic carbocycles.